The minimum Gasteiger partial charge on any atom is -0.480 e. The number of aliphatic carboxylic acids is 1. The zero-order valence-corrected chi connectivity index (χ0v) is 13.1. The van der Waals surface area contributed by atoms with Crippen molar-refractivity contribution in [1.29, 1.82) is 0 Å². The van der Waals surface area contributed by atoms with Gasteiger partial charge in [-0.25, -0.2) is 9.48 Å². The van der Waals surface area contributed by atoms with Gasteiger partial charge in [0.25, 0.3) is 5.91 Å². The van der Waals surface area contributed by atoms with E-state index in [0.29, 0.717) is 11.3 Å². The predicted molar refractivity (Wildman–Crippen MR) is 84.6 cm³/mol. The van der Waals surface area contributed by atoms with Crippen LogP contribution >= 0.6 is 0 Å². The summed E-state index contributed by atoms with van der Waals surface area (Å²) in [6.45, 7) is 3.37. The molecule has 1 saturated carbocycles. The van der Waals surface area contributed by atoms with Gasteiger partial charge in [-0.2, -0.15) is 5.10 Å². The number of carbonyl (C=O) groups is 2. The maximum atomic E-state index is 12.8. The van der Waals surface area contributed by atoms with Gasteiger partial charge in [-0.15, -0.1) is 0 Å². The molecular weight excluding hydrogens is 294 g/mol. The lowest BCUT2D eigenvalue weighted by Gasteiger charge is -2.26. The fourth-order valence-electron chi connectivity index (χ4n) is 2.72. The van der Waals surface area contributed by atoms with Crippen molar-refractivity contribution in [3.05, 3.63) is 47.8 Å². The standard InChI is InChI=1S/C17H19N3O3/c1-11-15(10-18-20(11)14-6-4-3-5-7-14)16(21)19(13-8-9-13)12(2)17(22)23/h3-7,10,12-13H,8-9H2,1-2H3,(H,22,23). The number of amides is 1. The average Bonchev–Trinajstić information content (AvgIpc) is 3.29. The molecule has 1 aliphatic carbocycles. The molecule has 0 radical (unpaired) electrons. The monoisotopic (exact) mass is 313 g/mol. The van der Waals surface area contributed by atoms with Crippen molar-refractivity contribution in [2.24, 2.45) is 0 Å². The summed E-state index contributed by atoms with van der Waals surface area (Å²) in [5.74, 6) is -1.25. The number of carboxylic acid groups (broad SMARTS) is 1. The van der Waals surface area contributed by atoms with E-state index in [1.54, 1.807) is 11.6 Å². The summed E-state index contributed by atoms with van der Waals surface area (Å²) >= 11 is 0. The number of para-hydroxylation sites is 1. The fourth-order valence-corrected chi connectivity index (χ4v) is 2.72. The number of rotatable bonds is 5. The molecule has 1 aromatic heterocycles. The number of carbonyl (C=O) groups excluding carboxylic acids is 1. The Kier molecular flexibility index (Phi) is 3.90. The molecule has 23 heavy (non-hydrogen) atoms. The molecule has 120 valence electrons. The second kappa shape index (κ2) is 5.87. The maximum absolute atomic E-state index is 12.8. The van der Waals surface area contributed by atoms with Gasteiger partial charge in [0.15, 0.2) is 0 Å². The molecule has 1 unspecified atom stereocenters. The summed E-state index contributed by atoms with van der Waals surface area (Å²) in [7, 11) is 0. The van der Waals surface area contributed by atoms with Crippen molar-refractivity contribution in [2.75, 3.05) is 0 Å². The molecule has 6 heteroatoms. The number of hydrogen-bond acceptors (Lipinski definition) is 3. The van der Waals surface area contributed by atoms with E-state index in [1.807, 2.05) is 37.3 Å². The molecule has 3 rings (SSSR count). The van der Waals surface area contributed by atoms with Crippen molar-refractivity contribution in [1.82, 2.24) is 14.7 Å². The van der Waals surface area contributed by atoms with E-state index in [0.717, 1.165) is 18.5 Å². The Morgan fingerprint density at radius 1 is 1.30 bits per heavy atom. The molecule has 0 bridgehead atoms. The van der Waals surface area contributed by atoms with Crippen LogP contribution in [0.15, 0.2) is 36.5 Å². The molecule has 1 aromatic carbocycles. The largest absolute Gasteiger partial charge is 0.480 e. The Hall–Kier alpha value is -2.63. The molecule has 1 N–H and O–H groups in total. The highest BCUT2D eigenvalue weighted by Crippen LogP contribution is 2.31. The second-order valence-electron chi connectivity index (χ2n) is 5.85. The van der Waals surface area contributed by atoms with E-state index in [4.69, 9.17) is 0 Å². The van der Waals surface area contributed by atoms with Gasteiger partial charge in [-0.05, 0) is 38.8 Å². The molecule has 6 nitrogen and oxygen atoms in total. The third-order valence-electron chi connectivity index (χ3n) is 4.19. The lowest BCUT2D eigenvalue weighted by atomic mass is 10.1. The summed E-state index contributed by atoms with van der Waals surface area (Å²) in [6, 6.07) is 8.72. The predicted octanol–water partition coefficient (Wildman–Crippen LogP) is 2.26. The number of aromatic nitrogens is 2. The number of benzene rings is 1. The van der Waals surface area contributed by atoms with Crippen LogP contribution in [-0.2, 0) is 4.79 Å². The van der Waals surface area contributed by atoms with Gasteiger partial charge in [-0.1, -0.05) is 18.2 Å². The minimum atomic E-state index is -0.988. The fraction of sp³-hybridized carbons (Fsp3) is 0.353. The second-order valence-corrected chi connectivity index (χ2v) is 5.85. The zero-order chi connectivity index (χ0) is 16.6. The number of nitrogens with zero attached hydrogens (tertiary/aromatic N) is 3. The molecule has 1 fully saturated rings. The maximum Gasteiger partial charge on any atom is 0.326 e. The van der Waals surface area contributed by atoms with Gasteiger partial charge >= 0.3 is 5.97 Å². The van der Waals surface area contributed by atoms with Crippen molar-refractivity contribution in [3.63, 3.8) is 0 Å². The summed E-state index contributed by atoms with van der Waals surface area (Å²) < 4.78 is 1.70. The Labute approximate surface area is 134 Å². The van der Waals surface area contributed by atoms with E-state index in [9.17, 15) is 14.7 Å². The molecule has 0 spiro atoms. The van der Waals surface area contributed by atoms with Crippen LogP contribution in [0.4, 0.5) is 0 Å². The molecule has 0 aliphatic heterocycles. The Bertz CT molecular complexity index is 735. The highest BCUT2D eigenvalue weighted by atomic mass is 16.4. The van der Waals surface area contributed by atoms with E-state index < -0.39 is 12.0 Å². The first-order valence-electron chi connectivity index (χ1n) is 7.66. The van der Waals surface area contributed by atoms with E-state index in [-0.39, 0.29) is 11.9 Å². The van der Waals surface area contributed by atoms with Crippen LogP contribution in [0.5, 0.6) is 0 Å². The van der Waals surface area contributed by atoms with Gasteiger partial charge in [0, 0.05) is 6.04 Å². The van der Waals surface area contributed by atoms with Gasteiger partial charge in [0.05, 0.1) is 23.1 Å². The quantitative estimate of drug-likeness (QED) is 0.918. The van der Waals surface area contributed by atoms with E-state index in [2.05, 4.69) is 5.10 Å². The first kappa shape index (κ1) is 15.3. The minimum absolute atomic E-state index is 0.0214. The number of hydrogen-bond donors (Lipinski definition) is 1. The number of carboxylic acids is 1. The van der Waals surface area contributed by atoms with Crippen LogP contribution < -0.4 is 0 Å². The summed E-state index contributed by atoms with van der Waals surface area (Å²) in [6.07, 6.45) is 3.24. The SMILES string of the molecule is Cc1c(C(=O)N(C2CC2)C(C)C(=O)O)cnn1-c1ccccc1. The topological polar surface area (TPSA) is 75.4 Å². The van der Waals surface area contributed by atoms with Gasteiger partial charge in [-0.3, -0.25) is 4.79 Å². The van der Waals surface area contributed by atoms with Crippen molar-refractivity contribution in [2.45, 2.75) is 38.8 Å². The Morgan fingerprint density at radius 3 is 2.52 bits per heavy atom. The Morgan fingerprint density at radius 2 is 1.96 bits per heavy atom. The molecule has 1 aliphatic rings. The van der Waals surface area contributed by atoms with Crippen LogP contribution in [0.1, 0.15) is 35.8 Å². The van der Waals surface area contributed by atoms with Crippen LogP contribution in [0, 0.1) is 6.92 Å². The summed E-state index contributed by atoms with van der Waals surface area (Å²) in [4.78, 5) is 25.6. The molecule has 1 heterocycles. The first-order valence-corrected chi connectivity index (χ1v) is 7.66. The van der Waals surface area contributed by atoms with Crippen molar-refractivity contribution >= 4 is 11.9 Å². The van der Waals surface area contributed by atoms with Gasteiger partial charge in [0.2, 0.25) is 0 Å². The van der Waals surface area contributed by atoms with Gasteiger partial charge < -0.3 is 10.0 Å². The third-order valence-corrected chi connectivity index (χ3v) is 4.19. The summed E-state index contributed by atoms with van der Waals surface area (Å²) in [5.41, 5.74) is 2.03. The van der Waals surface area contributed by atoms with E-state index >= 15 is 0 Å². The lowest BCUT2D eigenvalue weighted by molar-refractivity contribution is -0.141. The molecule has 1 amide bonds. The van der Waals surface area contributed by atoms with Crippen LogP contribution in [-0.4, -0.2) is 43.7 Å². The third kappa shape index (κ3) is 2.84. The molecule has 2 aromatic rings. The van der Waals surface area contributed by atoms with Crippen LogP contribution in [0.25, 0.3) is 5.69 Å². The average molecular weight is 313 g/mol. The summed E-state index contributed by atoms with van der Waals surface area (Å²) in [5, 5.41) is 13.6. The molecule has 0 saturated heterocycles. The highest BCUT2D eigenvalue weighted by molar-refractivity contribution is 5.97. The normalized spacial score (nSPS) is 15.2. The lowest BCUT2D eigenvalue weighted by Crippen LogP contribution is -2.44. The smallest absolute Gasteiger partial charge is 0.326 e. The van der Waals surface area contributed by atoms with Gasteiger partial charge in [0.1, 0.15) is 6.04 Å². The van der Waals surface area contributed by atoms with Crippen molar-refractivity contribution < 1.29 is 14.7 Å². The van der Waals surface area contributed by atoms with E-state index in [1.165, 1.54) is 11.1 Å². The van der Waals surface area contributed by atoms with Crippen LogP contribution in [0.3, 0.4) is 0 Å². The zero-order valence-electron chi connectivity index (χ0n) is 13.1. The van der Waals surface area contributed by atoms with Crippen molar-refractivity contribution in [3.8, 4) is 5.69 Å². The van der Waals surface area contributed by atoms with Crippen LogP contribution in [0.2, 0.25) is 0 Å². The Balaban J connectivity index is 1.93. The molecule has 1 atom stereocenters. The molecular formula is C17H19N3O3. The first-order chi connectivity index (χ1) is 11.0. The highest BCUT2D eigenvalue weighted by Gasteiger charge is 2.39.